The van der Waals surface area contributed by atoms with Crippen LogP contribution >= 0.6 is 11.3 Å². The van der Waals surface area contributed by atoms with Crippen molar-refractivity contribution in [3.05, 3.63) is 59.8 Å². The lowest BCUT2D eigenvalue weighted by Crippen LogP contribution is -2.53. The Morgan fingerprint density at radius 2 is 1.94 bits per heavy atom. The van der Waals surface area contributed by atoms with Crippen LogP contribution in [0.5, 0.6) is 0 Å². The highest BCUT2D eigenvalue weighted by molar-refractivity contribution is 7.22. The molecule has 1 N–H and O–H groups in total. The molecule has 0 atom stereocenters. The van der Waals surface area contributed by atoms with E-state index in [0.29, 0.717) is 12.5 Å². The number of para-hydroxylation sites is 1. The van der Waals surface area contributed by atoms with Crippen molar-refractivity contribution < 1.29 is 4.79 Å². The van der Waals surface area contributed by atoms with Gasteiger partial charge in [0.1, 0.15) is 0 Å². The van der Waals surface area contributed by atoms with Gasteiger partial charge in [-0.1, -0.05) is 35.6 Å². The summed E-state index contributed by atoms with van der Waals surface area (Å²) in [5, 5.41) is 2.32. The van der Waals surface area contributed by atoms with E-state index in [-0.39, 0.29) is 5.41 Å². The van der Waals surface area contributed by atoms with Crippen LogP contribution in [0.4, 0.5) is 5.13 Å². The maximum atomic E-state index is 13.7. The van der Waals surface area contributed by atoms with E-state index in [1.165, 1.54) is 21.2 Å². The molecule has 2 saturated heterocycles. The highest BCUT2D eigenvalue weighted by atomic mass is 32.1. The third-order valence-corrected chi connectivity index (χ3v) is 8.46. The largest absolute Gasteiger partial charge is 0.361 e. The van der Waals surface area contributed by atoms with E-state index in [9.17, 15) is 4.79 Å². The van der Waals surface area contributed by atoms with Crippen molar-refractivity contribution in [1.29, 1.82) is 0 Å². The predicted octanol–water partition coefficient (Wildman–Crippen LogP) is 5.50. The Labute approximate surface area is 192 Å². The van der Waals surface area contributed by atoms with E-state index < -0.39 is 0 Å². The number of fused-ring (bicyclic) bond motifs is 2. The lowest BCUT2D eigenvalue weighted by molar-refractivity contribution is -0.148. The summed E-state index contributed by atoms with van der Waals surface area (Å²) in [6, 6.07) is 14.8. The van der Waals surface area contributed by atoms with Crippen molar-refractivity contribution in [1.82, 2.24) is 14.9 Å². The summed E-state index contributed by atoms with van der Waals surface area (Å²) in [4.78, 5) is 26.4. The van der Waals surface area contributed by atoms with Gasteiger partial charge in [-0.25, -0.2) is 4.98 Å². The Bertz CT molecular complexity index is 1300. The SMILES string of the molecule is Cc1ccc2nc(N3CCC4(CCCN(Cc5c[nH]c6ccccc56)C4=O)CC3)sc2c1. The normalized spacial score (nSPS) is 18.8. The van der Waals surface area contributed by atoms with Crippen LogP contribution in [-0.4, -0.2) is 40.4 Å². The number of nitrogens with zero attached hydrogens (tertiary/aromatic N) is 3. The Morgan fingerprint density at radius 1 is 1.09 bits per heavy atom. The lowest BCUT2D eigenvalue weighted by atomic mass is 9.71. The molecule has 32 heavy (non-hydrogen) atoms. The van der Waals surface area contributed by atoms with Gasteiger partial charge in [0.25, 0.3) is 0 Å². The molecule has 4 heterocycles. The molecule has 0 saturated carbocycles. The lowest BCUT2D eigenvalue weighted by Gasteiger charge is -2.46. The molecule has 0 radical (unpaired) electrons. The highest BCUT2D eigenvalue weighted by Crippen LogP contribution is 2.43. The molecule has 5 nitrogen and oxygen atoms in total. The number of H-pyrrole nitrogens is 1. The Kier molecular flexibility index (Phi) is 4.72. The van der Waals surface area contributed by atoms with Crippen molar-refractivity contribution in [2.24, 2.45) is 5.41 Å². The van der Waals surface area contributed by atoms with Gasteiger partial charge in [-0.2, -0.15) is 0 Å². The number of benzene rings is 2. The number of aryl methyl sites for hydroxylation is 1. The number of anilines is 1. The van der Waals surface area contributed by atoms with Crippen LogP contribution in [0, 0.1) is 12.3 Å². The van der Waals surface area contributed by atoms with Crippen molar-refractivity contribution >= 4 is 43.5 Å². The average molecular weight is 445 g/mol. The minimum absolute atomic E-state index is 0.200. The van der Waals surface area contributed by atoms with E-state index in [1.54, 1.807) is 11.3 Å². The highest BCUT2D eigenvalue weighted by Gasteiger charge is 2.46. The molecule has 6 heteroatoms. The summed E-state index contributed by atoms with van der Waals surface area (Å²) in [7, 11) is 0. The monoisotopic (exact) mass is 444 g/mol. The molecule has 2 aliphatic heterocycles. The first-order valence-electron chi connectivity index (χ1n) is 11.6. The molecule has 4 aromatic rings. The van der Waals surface area contributed by atoms with E-state index in [0.717, 1.165) is 61.5 Å². The Hall–Kier alpha value is -2.86. The molecule has 1 amide bonds. The second kappa shape index (κ2) is 7.62. The maximum Gasteiger partial charge on any atom is 0.229 e. The number of aromatic amines is 1. The van der Waals surface area contributed by atoms with Crippen molar-refractivity contribution in [3.8, 4) is 0 Å². The van der Waals surface area contributed by atoms with Gasteiger partial charge in [0.05, 0.1) is 15.6 Å². The van der Waals surface area contributed by atoms with Crippen LogP contribution in [-0.2, 0) is 11.3 Å². The van der Waals surface area contributed by atoms with E-state index in [1.807, 2.05) is 6.07 Å². The van der Waals surface area contributed by atoms with E-state index in [2.05, 4.69) is 64.3 Å². The quantitative estimate of drug-likeness (QED) is 0.454. The number of hydrogen-bond donors (Lipinski definition) is 1. The van der Waals surface area contributed by atoms with Gasteiger partial charge >= 0.3 is 0 Å². The summed E-state index contributed by atoms with van der Waals surface area (Å²) >= 11 is 1.77. The van der Waals surface area contributed by atoms with Gasteiger partial charge in [-0.3, -0.25) is 4.79 Å². The van der Waals surface area contributed by atoms with Crippen LogP contribution in [0.3, 0.4) is 0 Å². The molecular weight excluding hydrogens is 416 g/mol. The number of aromatic nitrogens is 2. The maximum absolute atomic E-state index is 13.7. The number of likely N-dealkylation sites (tertiary alicyclic amines) is 1. The summed E-state index contributed by atoms with van der Waals surface area (Å²) < 4.78 is 1.25. The van der Waals surface area contributed by atoms with Crippen molar-refractivity contribution in [2.75, 3.05) is 24.5 Å². The van der Waals surface area contributed by atoms with Crippen LogP contribution in [0.25, 0.3) is 21.1 Å². The van der Waals surface area contributed by atoms with Gasteiger partial charge < -0.3 is 14.8 Å². The van der Waals surface area contributed by atoms with Gasteiger partial charge in [-0.05, 0) is 61.9 Å². The first kappa shape index (κ1) is 19.8. The number of carbonyl (C=O) groups excluding carboxylic acids is 1. The molecule has 1 spiro atoms. The predicted molar refractivity (Wildman–Crippen MR) is 131 cm³/mol. The zero-order chi connectivity index (χ0) is 21.7. The van der Waals surface area contributed by atoms with E-state index >= 15 is 0 Å². The summed E-state index contributed by atoms with van der Waals surface area (Å²) in [6.07, 6.45) is 6.02. The molecule has 2 aromatic heterocycles. The number of nitrogens with one attached hydrogen (secondary N) is 1. The fourth-order valence-corrected chi connectivity index (χ4v) is 6.63. The number of rotatable bonds is 3. The van der Waals surface area contributed by atoms with Gasteiger partial charge in [-0.15, -0.1) is 0 Å². The standard InChI is InChI=1S/C26H28N4OS/c1-18-7-8-22-23(15-18)32-25(28-22)29-13-10-26(11-14-29)9-4-12-30(24(26)31)17-19-16-27-21-6-3-2-5-20(19)21/h2-3,5-8,15-16,27H,4,9-14,17H2,1H3. The minimum Gasteiger partial charge on any atom is -0.361 e. The number of amides is 1. The van der Waals surface area contributed by atoms with Gasteiger partial charge in [0.15, 0.2) is 5.13 Å². The molecule has 2 fully saturated rings. The fourth-order valence-electron chi connectivity index (χ4n) is 5.52. The molecule has 2 aliphatic rings. The minimum atomic E-state index is -0.200. The first-order valence-corrected chi connectivity index (χ1v) is 12.4. The number of hydrogen-bond acceptors (Lipinski definition) is 4. The number of thiazole rings is 1. The van der Waals surface area contributed by atoms with Crippen LogP contribution in [0.2, 0.25) is 0 Å². The smallest absolute Gasteiger partial charge is 0.229 e. The molecule has 6 rings (SSSR count). The van der Waals surface area contributed by atoms with Gasteiger partial charge in [0, 0.05) is 43.3 Å². The van der Waals surface area contributed by atoms with Crippen molar-refractivity contribution in [3.63, 3.8) is 0 Å². The summed E-state index contributed by atoms with van der Waals surface area (Å²) in [6.45, 7) is 5.50. The molecule has 2 aromatic carbocycles. The Morgan fingerprint density at radius 3 is 2.81 bits per heavy atom. The zero-order valence-electron chi connectivity index (χ0n) is 18.4. The van der Waals surface area contributed by atoms with Crippen LogP contribution in [0.1, 0.15) is 36.8 Å². The topological polar surface area (TPSA) is 52.2 Å². The van der Waals surface area contributed by atoms with E-state index in [4.69, 9.17) is 4.98 Å². The van der Waals surface area contributed by atoms with Gasteiger partial charge in [0.2, 0.25) is 5.91 Å². The van der Waals surface area contributed by atoms with Crippen LogP contribution < -0.4 is 4.90 Å². The number of piperidine rings is 2. The second-order valence-corrected chi connectivity index (χ2v) is 10.4. The second-order valence-electron chi connectivity index (χ2n) is 9.42. The molecule has 164 valence electrons. The first-order chi connectivity index (χ1) is 15.6. The molecule has 0 aliphatic carbocycles. The van der Waals surface area contributed by atoms with Crippen molar-refractivity contribution in [2.45, 2.75) is 39.2 Å². The third-order valence-electron chi connectivity index (χ3n) is 7.38. The molecule has 0 bridgehead atoms. The zero-order valence-corrected chi connectivity index (χ0v) is 19.3. The summed E-state index contributed by atoms with van der Waals surface area (Å²) in [5.74, 6) is 0.355. The Balaban J connectivity index is 1.18. The summed E-state index contributed by atoms with van der Waals surface area (Å²) in [5.41, 5.74) is 4.51. The third kappa shape index (κ3) is 3.28. The number of carbonyl (C=O) groups is 1. The average Bonchev–Trinajstić information content (AvgIpc) is 3.41. The van der Waals surface area contributed by atoms with Crippen LogP contribution in [0.15, 0.2) is 48.7 Å². The molecular formula is C26H28N4OS. The molecule has 0 unspecified atom stereocenters. The fraction of sp³-hybridized carbons (Fsp3) is 0.385.